The smallest absolute Gasteiger partial charge is 0.338 e. The van der Waals surface area contributed by atoms with Crippen molar-refractivity contribution in [2.24, 2.45) is 0 Å². The SMILES string of the molecule is CCC(COC)Nc1cc(C(=O)OC)ccn1. The van der Waals surface area contributed by atoms with Gasteiger partial charge in [0.15, 0.2) is 0 Å². The summed E-state index contributed by atoms with van der Waals surface area (Å²) < 4.78 is 9.73. The molecule has 0 aliphatic heterocycles. The minimum absolute atomic E-state index is 0.181. The van der Waals surface area contributed by atoms with Crippen molar-refractivity contribution in [3.05, 3.63) is 23.9 Å². The number of carbonyl (C=O) groups excluding carboxylic acids is 1. The number of esters is 1. The Morgan fingerprint density at radius 1 is 1.53 bits per heavy atom. The number of methoxy groups -OCH3 is 2. The van der Waals surface area contributed by atoms with Crippen molar-refractivity contribution in [2.75, 3.05) is 26.1 Å². The fourth-order valence-corrected chi connectivity index (χ4v) is 1.43. The summed E-state index contributed by atoms with van der Waals surface area (Å²) in [5, 5.41) is 3.21. The van der Waals surface area contributed by atoms with Gasteiger partial charge in [0.2, 0.25) is 0 Å². The van der Waals surface area contributed by atoms with E-state index in [0.717, 1.165) is 6.42 Å². The Bertz CT molecular complexity index is 369. The lowest BCUT2D eigenvalue weighted by Crippen LogP contribution is -2.24. The van der Waals surface area contributed by atoms with Gasteiger partial charge in [0.25, 0.3) is 0 Å². The van der Waals surface area contributed by atoms with Crippen LogP contribution in [0.1, 0.15) is 23.7 Å². The van der Waals surface area contributed by atoms with Crippen LogP contribution in [-0.4, -0.2) is 37.8 Å². The van der Waals surface area contributed by atoms with Gasteiger partial charge in [-0.25, -0.2) is 9.78 Å². The van der Waals surface area contributed by atoms with Crippen molar-refractivity contribution in [1.29, 1.82) is 0 Å². The van der Waals surface area contributed by atoms with Crippen LogP contribution in [0.5, 0.6) is 0 Å². The lowest BCUT2D eigenvalue weighted by atomic mass is 10.2. The van der Waals surface area contributed by atoms with Crippen molar-refractivity contribution in [1.82, 2.24) is 4.98 Å². The predicted molar refractivity (Wildman–Crippen MR) is 65.2 cm³/mol. The van der Waals surface area contributed by atoms with E-state index in [1.165, 1.54) is 7.11 Å². The number of nitrogens with one attached hydrogen (secondary N) is 1. The van der Waals surface area contributed by atoms with Gasteiger partial charge in [0.1, 0.15) is 5.82 Å². The molecule has 0 saturated carbocycles. The van der Waals surface area contributed by atoms with Gasteiger partial charge in [-0.15, -0.1) is 0 Å². The van der Waals surface area contributed by atoms with E-state index in [0.29, 0.717) is 18.0 Å². The molecule has 1 atom stereocenters. The second-order valence-electron chi connectivity index (χ2n) is 3.63. The number of aromatic nitrogens is 1. The normalized spacial score (nSPS) is 11.9. The Labute approximate surface area is 101 Å². The predicted octanol–water partition coefficient (Wildman–Crippen LogP) is 1.71. The highest BCUT2D eigenvalue weighted by Crippen LogP contribution is 2.10. The Hall–Kier alpha value is -1.62. The molecule has 5 heteroatoms. The quantitative estimate of drug-likeness (QED) is 0.764. The fourth-order valence-electron chi connectivity index (χ4n) is 1.43. The maximum atomic E-state index is 11.3. The maximum Gasteiger partial charge on any atom is 0.338 e. The number of anilines is 1. The Morgan fingerprint density at radius 3 is 2.88 bits per heavy atom. The topological polar surface area (TPSA) is 60.5 Å². The Morgan fingerprint density at radius 2 is 2.29 bits per heavy atom. The van der Waals surface area contributed by atoms with Crippen molar-refractivity contribution < 1.29 is 14.3 Å². The van der Waals surface area contributed by atoms with Crippen molar-refractivity contribution in [2.45, 2.75) is 19.4 Å². The van der Waals surface area contributed by atoms with E-state index in [1.54, 1.807) is 25.4 Å². The van der Waals surface area contributed by atoms with E-state index < -0.39 is 0 Å². The van der Waals surface area contributed by atoms with Gasteiger partial charge in [0, 0.05) is 13.3 Å². The van der Waals surface area contributed by atoms with Gasteiger partial charge in [-0.05, 0) is 18.6 Å². The third-order valence-electron chi connectivity index (χ3n) is 2.39. The summed E-state index contributed by atoms with van der Waals surface area (Å²) in [6.45, 7) is 2.65. The number of hydrogen-bond donors (Lipinski definition) is 1. The third kappa shape index (κ3) is 4.03. The second kappa shape index (κ2) is 6.85. The van der Waals surface area contributed by atoms with Gasteiger partial charge in [-0.3, -0.25) is 0 Å². The summed E-state index contributed by atoms with van der Waals surface area (Å²) in [5.74, 6) is 0.284. The monoisotopic (exact) mass is 238 g/mol. The van der Waals surface area contributed by atoms with Crippen LogP contribution >= 0.6 is 0 Å². The fraction of sp³-hybridized carbons (Fsp3) is 0.500. The van der Waals surface area contributed by atoms with Crippen LogP contribution in [0.3, 0.4) is 0 Å². The Kier molecular flexibility index (Phi) is 5.42. The van der Waals surface area contributed by atoms with E-state index in [9.17, 15) is 4.79 Å². The lowest BCUT2D eigenvalue weighted by molar-refractivity contribution is 0.0600. The van der Waals surface area contributed by atoms with Crippen molar-refractivity contribution >= 4 is 11.8 Å². The molecule has 0 saturated heterocycles. The van der Waals surface area contributed by atoms with Crippen LogP contribution in [0, 0.1) is 0 Å². The van der Waals surface area contributed by atoms with E-state index >= 15 is 0 Å². The van der Waals surface area contributed by atoms with Gasteiger partial charge >= 0.3 is 5.97 Å². The van der Waals surface area contributed by atoms with E-state index in [1.807, 2.05) is 0 Å². The molecule has 0 aliphatic rings. The number of nitrogens with zero attached hydrogens (tertiary/aromatic N) is 1. The summed E-state index contributed by atoms with van der Waals surface area (Å²) in [7, 11) is 3.01. The summed E-state index contributed by atoms with van der Waals surface area (Å²) in [6.07, 6.45) is 2.49. The first-order valence-electron chi connectivity index (χ1n) is 5.51. The number of rotatable bonds is 6. The first kappa shape index (κ1) is 13.4. The van der Waals surface area contributed by atoms with Crippen molar-refractivity contribution in [3.63, 3.8) is 0 Å². The zero-order valence-electron chi connectivity index (χ0n) is 10.4. The summed E-state index contributed by atoms with van der Waals surface area (Å²) in [5.41, 5.74) is 0.484. The van der Waals surface area contributed by atoms with Crippen LogP contribution in [-0.2, 0) is 9.47 Å². The minimum atomic E-state index is -0.366. The molecule has 1 aromatic rings. The van der Waals surface area contributed by atoms with Crippen molar-refractivity contribution in [3.8, 4) is 0 Å². The second-order valence-corrected chi connectivity index (χ2v) is 3.63. The van der Waals surface area contributed by atoms with Crippen LogP contribution in [0.4, 0.5) is 5.82 Å². The molecule has 1 N–H and O–H groups in total. The van der Waals surface area contributed by atoms with Gasteiger partial charge < -0.3 is 14.8 Å². The average molecular weight is 238 g/mol. The van der Waals surface area contributed by atoms with Gasteiger partial charge in [0.05, 0.1) is 25.3 Å². The van der Waals surface area contributed by atoms with Crippen LogP contribution < -0.4 is 5.32 Å². The van der Waals surface area contributed by atoms with Crippen LogP contribution in [0.2, 0.25) is 0 Å². The van der Waals surface area contributed by atoms with E-state index in [4.69, 9.17) is 4.74 Å². The molecule has 1 unspecified atom stereocenters. The molecule has 0 fully saturated rings. The molecule has 0 aliphatic carbocycles. The summed E-state index contributed by atoms with van der Waals surface area (Å²) in [6, 6.07) is 3.47. The summed E-state index contributed by atoms with van der Waals surface area (Å²) in [4.78, 5) is 15.5. The highest BCUT2D eigenvalue weighted by Gasteiger charge is 2.09. The highest BCUT2D eigenvalue weighted by atomic mass is 16.5. The molecule has 17 heavy (non-hydrogen) atoms. The average Bonchev–Trinajstić information content (AvgIpc) is 2.37. The molecular formula is C12H18N2O3. The van der Waals surface area contributed by atoms with Gasteiger partial charge in [-0.2, -0.15) is 0 Å². The molecule has 1 rings (SSSR count). The molecule has 1 aromatic heterocycles. The number of ether oxygens (including phenoxy) is 2. The Balaban J connectivity index is 2.74. The van der Waals surface area contributed by atoms with Crippen LogP contribution in [0.25, 0.3) is 0 Å². The van der Waals surface area contributed by atoms with E-state index in [-0.39, 0.29) is 12.0 Å². The number of carbonyl (C=O) groups is 1. The molecular weight excluding hydrogens is 220 g/mol. The molecule has 0 aromatic carbocycles. The zero-order chi connectivity index (χ0) is 12.7. The largest absolute Gasteiger partial charge is 0.465 e. The number of pyridine rings is 1. The van der Waals surface area contributed by atoms with Gasteiger partial charge in [-0.1, -0.05) is 6.92 Å². The first-order valence-corrected chi connectivity index (χ1v) is 5.51. The minimum Gasteiger partial charge on any atom is -0.465 e. The molecule has 1 heterocycles. The molecule has 5 nitrogen and oxygen atoms in total. The lowest BCUT2D eigenvalue weighted by Gasteiger charge is -2.16. The standard InChI is InChI=1S/C12H18N2O3/c1-4-10(8-16-2)14-11-7-9(5-6-13-11)12(15)17-3/h5-7,10H,4,8H2,1-3H3,(H,13,14). The summed E-state index contributed by atoms with van der Waals surface area (Å²) >= 11 is 0. The van der Waals surface area contributed by atoms with Crippen LogP contribution in [0.15, 0.2) is 18.3 Å². The highest BCUT2D eigenvalue weighted by molar-refractivity contribution is 5.89. The zero-order valence-corrected chi connectivity index (χ0v) is 10.4. The molecule has 0 bridgehead atoms. The molecule has 0 spiro atoms. The van der Waals surface area contributed by atoms with E-state index in [2.05, 4.69) is 22.0 Å². The maximum absolute atomic E-state index is 11.3. The molecule has 94 valence electrons. The number of hydrogen-bond acceptors (Lipinski definition) is 5. The first-order chi connectivity index (χ1) is 8.21. The third-order valence-corrected chi connectivity index (χ3v) is 2.39. The molecule has 0 radical (unpaired) electrons. The molecule has 0 amide bonds.